The summed E-state index contributed by atoms with van der Waals surface area (Å²) in [5.41, 5.74) is 6.71. The third-order valence-electron chi connectivity index (χ3n) is 5.88. The van der Waals surface area contributed by atoms with Crippen LogP contribution >= 0.6 is 0 Å². The normalized spacial score (nSPS) is 31.5. The lowest BCUT2D eigenvalue weighted by molar-refractivity contribution is -0.137. The first kappa shape index (κ1) is 17.3. The average molecular weight is 357 g/mol. The Kier molecular flexibility index (Phi) is 4.58. The van der Waals surface area contributed by atoms with Gasteiger partial charge in [0.1, 0.15) is 0 Å². The second-order valence-electron chi connectivity index (χ2n) is 7.72. The van der Waals surface area contributed by atoms with E-state index in [1.165, 1.54) is 0 Å². The highest BCUT2D eigenvalue weighted by molar-refractivity contribution is 5.99. The van der Waals surface area contributed by atoms with Crippen molar-refractivity contribution >= 4 is 23.2 Å². The number of carbonyl (C=O) groups is 2. The molecular weight excluding hydrogens is 330 g/mol. The summed E-state index contributed by atoms with van der Waals surface area (Å²) in [5.74, 6) is 0.0166. The summed E-state index contributed by atoms with van der Waals surface area (Å²) >= 11 is 0. The summed E-state index contributed by atoms with van der Waals surface area (Å²) in [4.78, 5) is 23.7. The Morgan fingerprint density at radius 3 is 2.85 bits per heavy atom. The van der Waals surface area contributed by atoms with Crippen molar-refractivity contribution in [3.05, 3.63) is 23.8 Å². The number of nitrogens with zero attached hydrogens (tertiary/aromatic N) is 1. The number of piperidine rings is 2. The topological polar surface area (TPSA) is 85.5 Å². The zero-order chi connectivity index (χ0) is 18.3. The van der Waals surface area contributed by atoms with Crippen LogP contribution in [0.25, 0.3) is 0 Å². The number of hydrogen-bond donors (Lipinski definition) is 4. The fourth-order valence-electron chi connectivity index (χ4n) is 4.31. The van der Waals surface area contributed by atoms with E-state index < -0.39 is 0 Å². The van der Waals surface area contributed by atoms with E-state index in [-0.39, 0.29) is 23.8 Å². The van der Waals surface area contributed by atoms with E-state index >= 15 is 0 Å². The first-order valence-corrected chi connectivity index (χ1v) is 9.47. The zero-order valence-electron chi connectivity index (χ0n) is 15.3. The molecule has 7 heteroatoms. The van der Waals surface area contributed by atoms with Crippen LogP contribution in [-0.2, 0) is 9.59 Å². The van der Waals surface area contributed by atoms with Gasteiger partial charge in [-0.25, -0.2) is 5.43 Å². The first-order chi connectivity index (χ1) is 12.5. The smallest absolute Gasteiger partial charge is 0.231 e. The van der Waals surface area contributed by atoms with Crippen LogP contribution in [0.1, 0.15) is 37.8 Å². The van der Waals surface area contributed by atoms with Crippen LogP contribution in [0.2, 0.25) is 0 Å². The molecule has 0 bridgehead atoms. The molecule has 4 N–H and O–H groups in total. The lowest BCUT2D eigenvalue weighted by Crippen LogP contribution is -2.46. The van der Waals surface area contributed by atoms with Gasteiger partial charge in [-0.3, -0.25) is 14.9 Å². The minimum atomic E-state index is -0.223. The van der Waals surface area contributed by atoms with Gasteiger partial charge in [-0.05, 0) is 49.5 Å². The van der Waals surface area contributed by atoms with Crippen molar-refractivity contribution in [3.63, 3.8) is 0 Å². The number of anilines is 2. The number of hydrazine groups is 1. The molecule has 0 aromatic heterocycles. The average Bonchev–Trinajstić information content (AvgIpc) is 2.93. The quantitative estimate of drug-likeness (QED) is 0.607. The molecule has 1 aromatic carbocycles. The van der Waals surface area contributed by atoms with Crippen LogP contribution in [-0.4, -0.2) is 38.0 Å². The Labute approximate surface area is 153 Å². The Balaban J connectivity index is 1.53. The van der Waals surface area contributed by atoms with Crippen molar-refractivity contribution in [2.24, 2.45) is 11.8 Å². The summed E-state index contributed by atoms with van der Waals surface area (Å²) in [6, 6.07) is 6.75. The molecule has 2 fully saturated rings. The van der Waals surface area contributed by atoms with Gasteiger partial charge in [0.05, 0.1) is 17.6 Å². The Morgan fingerprint density at radius 1 is 1.23 bits per heavy atom. The van der Waals surface area contributed by atoms with Crippen molar-refractivity contribution in [2.75, 3.05) is 30.5 Å². The van der Waals surface area contributed by atoms with E-state index in [1.807, 2.05) is 12.1 Å². The van der Waals surface area contributed by atoms with Crippen LogP contribution in [0.15, 0.2) is 18.2 Å². The molecule has 4 rings (SSSR count). The van der Waals surface area contributed by atoms with Gasteiger partial charge in [-0.1, -0.05) is 13.0 Å². The largest absolute Gasteiger partial charge is 0.382 e. The molecule has 4 atom stereocenters. The maximum Gasteiger partial charge on any atom is 0.231 e. The number of benzene rings is 1. The maximum atomic E-state index is 12.3. The molecule has 0 saturated carbocycles. The third kappa shape index (κ3) is 3.17. The summed E-state index contributed by atoms with van der Waals surface area (Å²) in [5, 5.41) is 11.6. The van der Waals surface area contributed by atoms with Gasteiger partial charge in [0.2, 0.25) is 11.8 Å². The molecule has 7 nitrogen and oxygen atoms in total. The fraction of sp³-hybridized carbons (Fsp3) is 0.579. The Morgan fingerprint density at radius 2 is 2.08 bits per heavy atom. The molecule has 26 heavy (non-hydrogen) atoms. The second kappa shape index (κ2) is 6.89. The lowest BCUT2D eigenvalue weighted by atomic mass is 9.87. The summed E-state index contributed by atoms with van der Waals surface area (Å²) in [6.07, 6.45) is 2.11. The standard InChI is InChI=1S/C19H27N5O2/c1-11-10-20-8-7-15(11)21-12-3-4-13-16(9-12)24(2)23-18(13)14-5-6-17(25)22-19(14)26/h3-4,9,11,14-15,18,20-21,23H,5-8,10H2,1-2H3,(H,22,25,26)/t11-,14?,15-,18?/m1/s1. The first-order valence-electron chi connectivity index (χ1n) is 9.47. The number of rotatable bonds is 3. The number of carbonyl (C=O) groups excluding carboxylic acids is 2. The van der Waals surface area contributed by atoms with E-state index in [2.05, 4.69) is 46.5 Å². The number of hydrogen-bond acceptors (Lipinski definition) is 6. The van der Waals surface area contributed by atoms with Crippen LogP contribution in [0.3, 0.4) is 0 Å². The highest BCUT2D eigenvalue weighted by atomic mass is 16.2. The minimum Gasteiger partial charge on any atom is -0.382 e. The van der Waals surface area contributed by atoms with Crippen LogP contribution in [0, 0.1) is 11.8 Å². The highest BCUT2D eigenvalue weighted by Gasteiger charge is 2.39. The molecule has 140 valence electrons. The maximum absolute atomic E-state index is 12.3. The van der Waals surface area contributed by atoms with Gasteiger partial charge in [0.25, 0.3) is 0 Å². The molecule has 3 heterocycles. The molecule has 2 unspecified atom stereocenters. The predicted molar refractivity (Wildman–Crippen MR) is 101 cm³/mol. The van der Waals surface area contributed by atoms with Gasteiger partial charge in [0, 0.05) is 25.2 Å². The second-order valence-corrected chi connectivity index (χ2v) is 7.72. The highest BCUT2D eigenvalue weighted by Crippen LogP contribution is 2.40. The SMILES string of the molecule is C[C@@H]1CNCC[C@H]1Nc1ccc2c(c1)N(C)NC2C1CCC(=O)NC1=O. The zero-order valence-corrected chi connectivity index (χ0v) is 15.3. The molecule has 2 amide bonds. The van der Waals surface area contributed by atoms with E-state index in [0.29, 0.717) is 24.8 Å². The van der Waals surface area contributed by atoms with Gasteiger partial charge >= 0.3 is 0 Å². The molecule has 3 aliphatic heterocycles. The molecule has 2 saturated heterocycles. The summed E-state index contributed by atoms with van der Waals surface area (Å²) in [6.45, 7) is 4.36. The van der Waals surface area contributed by atoms with Crippen LogP contribution in [0.4, 0.5) is 11.4 Å². The van der Waals surface area contributed by atoms with Crippen molar-refractivity contribution in [1.29, 1.82) is 0 Å². The summed E-state index contributed by atoms with van der Waals surface area (Å²) in [7, 11) is 1.97. The third-order valence-corrected chi connectivity index (χ3v) is 5.88. The molecule has 1 aromatic rings. The van der Waals surface area contributed by atoms with E-state index in [0.717, 1.165) is 36.4 Å². The monoisotopic (exact) mass is 357 g/mol. The molecule has 3 aliphatic rings. The number of nitrogens with one attached hydrogen (secondary N) is 4. The van der Waals surface area contributed by atoms with Crippen molar-refractivity contribution in [1.82, 2.24) is 16.1 Å². The Bertz CT molecular complexity index is 722. The van der Waals surface area contributed by atoms with E-state index in [4.69, 9.17) is 0 Å². The van der Waals surface area contributed by atoms with Gasteiger partial charge in [0.15, 0.2) is 0 Å². The van der Waals surface area contributed by atoms with Gasteiger partial charge in [-0.15, -0.1) is 0 Å². The summed E-state index contributed by atoms with van der Waals surface area (Å²) < 4.78 is 0. The van der Waals surface area contributed by atoms with Crippen molar-refractivity contribution in [2.45, 2.75) is 38.3 Å². The van der Waals surface area contributed by atoms with Crippen LogP contribution in [0.5, 0.6) is 0 Å². The van der Waals surface area contributed by atoms with E-state index in [9.17, 15) is 9.59 Å². The molecule has 0 aliphatic carbocycles. The number of imide groups is 1. The molecule has 0 spiro atoms. The van der Waals surface area contributed by atoms with Crippen molar-refractivity contribution in [3.8, 4) is 0 Å². The minimum absolute atomic E-state index is 0.0880. The number of amides is 2. The van der Waals surface area contributed by atoms with Crippen molar-refractivity contribution < 1.29 is 9.59 Å². The molecule has 0 radical (unpaired) electrons. The van der Waals surface area contributed by atoms with Crippen LogP contribution < -0.4 is 26.4 Å². The predicted octanol–water partition coefficient (Wildman–Crippen LogP) is 1.14. The van der Waals surface area contributed by atoms with E-state index in [1.54, 1.807) is 0 Å². The molecular formula is C19H27N5O2. The van der Waals surface area contributed by atoms with Gasteiger partial charge < -0.3 is 15.6 Å². The lowest BCUT2D eigenvalue weighted by Gasteiger charge is -2.31. The number of fused-ring (bicyclic) bond motifs is 1. The van der Waals surface area contributed by atoms with Gasteiger partial charge in [-0.2, -0.15) is 0 Å². The Hall–Kier alpha value is -2.12. The fourth-order valence-corrected chi connectivity index (χ4v) is 4.31.